The normalized spacial score (nSPS) is 10.9. The van der Waals surface area contributed by atoms with Crippen molar-refractivity contribution in [2.24, 2.45) is 7.05 Å². The lowest BCUT2D eigenvalue weighted by Crippen LogP contribution is -2.20. The molecule has 7 nitrogen and oxygen atoms in total. The van der Waals surface area contributed by atoms with E-state index < -0.39 is 5.97 Å². The van der Waals surface area contributed by atoms with Crippen LogP contribution in [0.15, 0.2) is 63.9 Å². The number of methoxy groups -OCH3 is 1. The minimum Gasteiger partial charge on any atom is -0.465 e. The Labute approximate surface area is 198 Å². The van der Waals surface area contributed by atoms with Crippen LogP contribution in [-0.4, -0.2) is 34.3 Å². The van der Waals surface area contributed by atoms with Gasteiger partial charge in [-0.15, -0.1) is 11.3 Å². The van der Waals surface area contributed by atoms with E-state index in [-0.39, 0.29) is 17.2 Å². The third-order valence-electron chi connectivity index (χ3n) is 5.04. The van der Waals surface area contributed by atoms with E-state index in [0.29, 0.717) is 26.6 Å². The second kappa shape index (κ2) is 9.60. The van der Waals surface area contributed by atoms with Gasteiger partial charge in [-0.3, -0.25) is 14.2 Å². The minimum atomic E-state index is -0.441. The molecule has 0 aliphatic heterocycles. The van der Waals surface area contributed by atoms with Crippen LogP contribution >= 0.6 is 23.1 Å². The van der Waals surface area contributed by atoms with Gasteiger partial charge in [-0.05, 0) is 36.8 Å². The highest BCUT2D eigenvalue weighted by molar-refractivity contribution is 7.99. The molecule has 2 aromatic heterocycles. The Morgan fingerprint density at radius 3 is 2.48 bits per heavy atom. The van der Waals surface area contributed by atoms with Crippen LogP contribution in [0, 0.1) is 6.92 Å². The number of thioether (sulfide) groups is 1. The number of fused-ring (bicyclic) bond motifs is 1. The lowest BCUT2D eigenvalue weighted by atomic mass is 10.1. The van der Waals surface area contributed by atoms with Crippen molar-refractivity contribution in [3.63, 3.8) is 0 Å². The summed E-state index contributed by atoms with van der Waals surface area (Å²) >= 11 is 2.57. The number of anilines is 1. The predicted molar refractivity (Wildman–Crippen MR) is 132 cm³/mol. The first kappa shape index (κ1) is 22.8. The number of thiophene rings is 1. The Kier molecular flexibility index (Phi) is 6.62. The molecule has 9 heteroatoms. The summed E-state index contributed by atoms with van der Waals surface area (Å²) in [7, 11) is 2.97. The van der Waals surface area contributed by atoms with Gasteiger partial charge in [0.2, 0.25) is 5.91 Å². The monoisotopic (exact) mass is 479 g/mol. The Hall–Kier alpha value is -3.43. The van der Waals surface area contributed by atoms with Crippen LogP contribution in [0.5, 0.6) is 0 Å². The van der Waals surface area contributed by atoms with Gasteiger partial charge >= 0.3 is 5.97 Å². The van der Waals surface area contributed by atoms with E-state index >= 15 is 0 Å². The van der Waals surface area contributed by atoms with E-state index in [1.807, 2.05) is 36.6 Å². The first-order valence-corrected chi connectivity index (χ1v) is 11.9. The summed E-state index contributed by atoms with van der Waals surface area (Å²) in [4.78, 5) is 41.6. The highest BCUT2D eigenvalue weighted by Gasteiger charge is 2.16. The van der Waals surface area contributed by atoms with Gasteiger partial charge in [-0.25, -0.2) is 9.78 Å². The molecule has 0 saturated heterocycles. The summed E-state index contributed by atoms with van der Waals surface area (Å²) < 4.78 is 6.73. The molecule has 0 fully saturated rings. The molecule has 0 radical (unpaired) electrons. The standard InChI is InChI=1S/C24H21N3O4S2/c1-14-4-6-15(7-5-14)18-12-32-21-20(18)26-24(27(2)22(21)29)33-13-19(28)25-17-10-8-16(9-11-17)23(30)31-3/h4-12H,13H2,1-3H3,(H,25,28). The number of rotatable bonds is 6. The fraction of sp³-hybridized carbons (Fsp3) is 0.167. The van der Waals surface area contributed by atoms with Gasteiger partial charge in [0.05, 0.1) is 23.9 Å². The summed E-state index contributed by atoms with van der Waals surface area (Å²) in [5.74, 6) is -0.609. The van der Waals surface area contributed by atoms with E-state index in [0.717, 1.165) is 16.7 Å². The first-order valence-electron chi connectivity index (χ1n) is 10.0. The van der Waals surface area contributed by atoms with E-state index in [9.17, 15) is 14.4 Å². The average molecular weight is 480 g/mol. The van der Waals surface area contributed by atoms with Gasteiger partial charge in [0.25, 0.3) is 5.56 Å². The Morgan fingerprint density at radius 1 is 1.12 bits per heavy atom. The molecule has 1 N–H and O–H groups in total. The summed E-state index contributed by atoms with van der Waals surface area (Å²) in [6.07, 6.45) is 0. The molecule has 0 spiro atoms. The molecule has 2 aromatic carbocycles. The Balaban J connectivity index is 1.52. The SMILES string of the molecule is COC(=O)c1ccc(NC(=O)CSc2nc3c(-c4ccc(C)cc4)csc3c(=O)n2C)cc1. The van der Waals surface area contributed by atoms with Crippen molar-refractivity contribution < 1.29 is 14.3 Å². The average Bonchev–Trinajstić information content (AvgIpc) is 3.25. The molecule has 0 saturated carbocycles. The quantitative estimate of drug-likeness (QED) is 0.249. The first-order chi connectivity index (χ1) is 15.9. The third kappa shape index (κ3) is 4.84. The van der Waals surface area contributed by atoms with E-state index in [1.165, 1.54) is 34.8 Å². The summed E-state index contributed by atoms with van der Waals surface area (Å²) in [6.45, 7) is 2.02. The number of nitrogens with zero attached hydrogens (tertiary/aromatic N) is 2. The topological polar surface area (TPSA) is 90.3 Å². The van der Waals surface area contributed by atoms with Crippen molar-refractivity contribution >= 4 is 50.9 Å². The number of carbonyl (C=O) groups excluding carboxylic acids is 2. The number of esters is 1. The molecule has 2 heterocycles. The number of aromatic nitrogens is 2. The minimum absolute atomic E-state index is 0.0779. The number of nitrogens with one attached hydrogen (secondary N) is 1. The van der Waals surface area contributed by atoms with Crippen molar-refractivity contribution in [3.05, 3.63) is 75.4 Å². The number of carbonyl (C=O) groups is 2. The van der Waals surface area contributed by atoms with E-state index in [1.54, 1.807) is 31.3 Å². The van der Waals surface area contributed by atoms with Crippen molar-refractivity contribution in [3.8, 4) is 11.1 Å². The fourth-order valence-corrected chi connectivity index (χ4v) is 4.98. The Bertz CT molecular complexity index is 1390. The van der Waals surface area contributed by atoms with E-state index in [2.05, 4.69) is 10.1 Å². The van der Waals surface area contributed by atoms with E-state index in [4.69, 9.17) is 4.98 Å². The molecule has 4 rings (SSSR count). The van der Waals surface area contributed by atoms with Gasteiger partial charge in [0.15, 0.2) is 5.16 Å². The molecule has 33 heavy (non-hydrogen) atoms. The lowest BCUT2D eigenvalue weighted by molar-refractivity contribution is -0.113. The molecule has 0 bridgehead atoms. The molecule has 4 aromatic rings. The van der Waals surface area contributed by atoms with Crippen molar-refractivity contribution in [1.82, 2.24) is 9.55 Å². The maximum Gasteiger partial charge on any atom is 0.337 e. The zero-order valence-electron chi connectivity index (χ0n) is 18.2. The highest BCUT2D eigenvalue weighted by Crippen LogP contribution is 2.32. The molecule has 168 valence electrons. The number of aryl methyl sites for hydroxylation is 1. The summed E-state index contributed by atoms with van der Waals surface area (Å²) in [5, 5.41) is 5.20. The predicted octanol–water partition coefficient (Wildman–Crippen LogP) is 4.49. The molecule has 0 aliphatic carbocycles. The smallest absolute Gasteiger partial charge is 0.337 e. The molecule has 1 amide bonds. The maximum atomic E-state index is 12.9. The van der Waals surface area contributed by atoms with Crippen LogP contribution in [0.1, 0.15) is 15.9 Å². The number of ether oxygens (including phenoxy) is 1. The van der Waals surface area contributed by atoms with Crippen molar-refractivity contribution in [2.75, 3.05) is 18.2 Å². The number of benzene rings is 2. The largest absolute Gasteiger partial charge is 0.465 e. The van der Waals surface area contributed by atoms with Crippen LogP contribution < -0.4 is 10.9 Å². The van der Waals surface area contributed by atoms with Gasteiger partial charge in [0, 0.05) is 23.7 Å². The lowest BCUT2D eigenvalue weighted by Gasteiger charge is -2.09. The Morgan fingerprint density at radius 2 is 1.82 bits per heavy atom. The summed E-state index contributed by atoms with van der Waals surface area (Å²) in [5.41, 5.74) is 4.53. The number of hydrogen-bond acceptors (Lipinski definition) is 7. The zero-order valence-corrected chi connectivity index (χ0v) is 19.9. The van der Waals surface area contributed by atoms with Gasteiger partial charge < -0.3 is 10.1 Å². The molecular formula is C24H21N3O4S2. The van der Waals surface area contributed by atoms with Crippen LogP contribution in [-0.2, 0) is 16.6 Å². The van der Waals surface area contributed by atoms with Gasteiger partial charge in [-0.1, -0.05) is 41.6 Å². The second-order valence-electron chi connectivity index (χ2n) is 7.36. The van der Waals surface area contributed by atoms with Crippen molar-refractivity contribution in [2.45, 2.75) is 12.1 Å². The molecule has 0 aliphatic rings. The second-order valence-corrected chi connectivity index (χ2v) is 9.18. The number of amides is 1. The third-order valence-corrected chi connectivity index (χ3v) is 7.03. The fourth-order valence-electron chi connectivity index (χ4n) is 3.23. The summed E-state index contributed by atoms with van der Waals surface area (Å²) in [6, 6.07) is 14.5. The van der Waals surface area contributed by atoms with Crippen LogP contribution in [0.2, 0.25) is 0 Å². The van der Waals surface area contributed by atoms with Gasteiger partial charge in [-0.2, -0.15) is 0 Å². The van der Waals surface area contributed by atoms with Crippen LogP contribution in [0.4, 0.5) is 5.69 Å². The van der Waals surface area contributed by atoms with Crippen LogP contribution in [0.3, 0.4) is 0 Å². The molecular weight excluding hydrogens is 458 g/mol. The molecule has 0 atom stereocenters. The molecule has 0 unspecified atom stereocenters. The number of hydrogen-bond donors (Lipinski definition) is 1. The highest BCUT2D eigenvalue weighted by atomic mass is 32.2. The zero-order chi connectivity index (χ0) is 23.5. The van der Waals surface area contributed by atoms with Crippen LogP contribution in [0.25, 0.3) is 21.3 Å². The maximum absolute atomic E-state index is 12.9. The van der Waals surface area contributed by atoms with Crippen molar-refractivity contribution in [1.29, 1.82) is 0 Å². The van der Waals surface area contributed by atoms with Gasteiger partial charge in [0.1, 0.15) is 4.70 Å².